The van der Waals surface area contributed by atoms with Crippen molar-refractivity contribution in [1.29, 1.82) is 0 Å². The molecule has 2 aromatic carbocycles. The molecule has 6 nitrogen and oxygen atoms in total. The van der Waals surface area contributed by atoms with Crippen molar-refractivity contribution >= 4 is 43.6 Å². The van der Waals surface area contributed by atoms with E-state index in [0.29, 0.717) is 8.61 Å². The number of anilines is 4. The quantitative estimate of drug-likeness (QED) is 0.784. The minimum Gasteiger partial charge on any atom is -0.208 e. The summed E-state index contributed by atoms with van der Waals surface area (Å²) in [5.74, 6) is 0. The molecule has 0 radical (unpaired) electrons. The Kier molecular flexibility index (Phi) is 3.11. The first-order chi connectivity index (χ1) is 10.2. The third-order valence-electron chi connectivity index (χ3n) is 3.07. The second kappa shape index (κ2) is 4.65. The summed E-state index contributed by atoms with van der Waals surface area (Å²) in [5, 5.41) is 0. The van der Waals surface area contributed by atoms with Gasteiger partial charge in [0, 0.05) is 0 Å². The van der Waals surface area contributed by atoms with Crippen LogP contribution in [0.1, 0.15) is 0 Å². The normalized spacial score (nSPS) is 14.5. The van der Waals surface area contributed by atoms with E-state index in [9.17, 15) is 24.6 Å². The summed E-state index contributed by atoms with van der Waals surface area (Å²) >= 11 is 0. The minimum absolute atomic E-state index is 0.301. The lowest BCUT2D eigenvalue weighted by atomic mass is 10.1. The number of nitrogens with zero attached hydrogens (tertiary/aromatic N) is 2. The molecule has 3 rings (SSSR count). The van der Waals surface area contributed by atoms with Crippen LogP contribution < -0.4 is 8.61 Å². The fourth-order valence-electron chi connectivity index (χ4n) is 2.34. The van der Waals surface area contributed by atoms with E-state index in [-0.39, 0.29) is 22.7 Å². The topological polar surface area (TPSA) is 74.8 Å². The average molecular weight is 346 g/mol. The number of fused-ring (bicyclic) bond motifs is 2. The maximum Gasteiger partial charge on any atom is 0.404 e. The standard InChI is InChI=1S/C12H8F2N2O4S2/c13-21(17,18)15-9-5-1-2-6-10(9)16(22(14,19)20)12-8-4-3-7-11(12)15/h1-8H. The third-order valence-corrected chi connectivity index (χ3v) is 4.73. The monoisotopic (exact) mass is 346 g/mol. The number of rotatable bonds is 2. The lowest BCUT2D eigenvalue weighted by Gasteiger charge is -2.34. The van der Waals surface area contributed by atoms with Crippen LogP contribution in [0.4, 0.5) is 30.5 Å². The Balaban J connectivity index is 2.44. The van der Waals surface area contributed by atoms with Gasteiger partial charge in [0.05, 0.1) is 22.7 Å². The molecule has 1 aliphatic heterocycles. The van der Waals surface area contributed by atoms with Crippen LogP contribution in [0.5, 0.6) is 0 Å². The van der Waals surface area contributed by atoms with E-state index in [4.69, 9.17) is 0 Å². The molecule has 0 spiro atoms. The van der Waals surface area contributed by atoms with E-state index in [1.54, 1.807) is 0 Å². The molecule has 1 aliphatic rings. The summed E-state index contributed by atoms with van der Waals surface area (Å²) in [6.45, 7) is 0. The van der Waals surface area contributed by atoms with Gasteiger partial charge >= 0.3 is 20.8 Å². The SMILES string of the molecule is O=S(=O)(F)N1c2ccccc2N(S(=O)(=O)F)c2ccccc21. The van der Waals surface area contributed by atoms with Crippen LogP contribution >= 0.6 is 0 Å². The van der Waals surface area contributed by atoms with Crippen molar-refractivity contribution < 1.29 is 24.6 Å². The molecular weight excluding hydrogens is 338 g/mol. The van der Waals surface area contributed by atoms with E-state index in [2.05, 4.69) is 0 Å². The Morgan fingerprint density at radius 3 is 1.00 bits per heavy atom. The lowest BCUT2D eigenvalue weighted by Crippen LogP contribution is -2.33. The lowest BCUT2D eigenvalue weighted by molar-refractivity contribution is 0.547. The van der Waals surface area contributed by atoms with Crippen molar-refractivity contribution in [3.8, 4) is 0 Å². The third kappa shape index (κ3) is 2.20. The van der Waals surface area contributed by atoms with Crippen molar-refractivity contribution in [2.24, 2.45) is 0 Å². The van der Waals surface area contributed by atoms with Crippen molar-refractivity contribution in [3.63, 3.8) is 0 Å². The predicted molar refractivity (Wildman–Crippen MR) is 77.2 cm³/mol. The molecule has 116 valence electrons. The highest BCUT2D eigenvalue weighted by atomic mass is 32.3. The van der Waals surface area contributed by atoms with Crippen LogP contribution in [0.2, 0.25) is 0 Å². The summed E-state index contributed by atoms with van der Waals surface area (Å²) < 4.78 is 73.9. The zero-order valence-electron chi connectivity index (χ0n) is 10.7. The van der Waals surface area contributed by atoms with Crippen molar-refractivity contribution in [2.75, 3.05) is 8.61 Å². The number of para-hydroxylation sites is 4. The molecule has 10 heteroatoms. The van der Waals surface area contributed by atoms with Gasteiger partial charge in [-0.3, -0.25) is 0 Å². The van der Waals surface area contributed by atoms with Crippen molar-refractivity contribution in [3.05, 3.63) is 48.5 Å². The number of hydrogen-bond donors (Lipinski definition) is 0. The molecule has 1 heterocycles. The minimum atomic E-state index is -5.23. The Hall–Kier alpha value is -2.20. The molecule has 2 aromatic rings. The molecule has 0 saturated carbocycles. The summed E-state index contributed by atoms with van der Waals surface area (Å²) in [6.07, 6.45) is 0. The van der Waals surface area contributed by atoms with Gasteiger partial charge in [0.2, 0.25) is 0 Å². The molecule has 0 unspecified atom stereocenters. The van der Waals surface area contributed by atoms with E-state index < -0.39 is 20.8 Å². The molecule has 0 saturated heterocycles. The van der Waals surface area contributed by atoms with E-state index >= 15 is 0 Å². The van der Waals surface area contributed by atoms with E-state index in [1.165, 1.54) is 48.5 Å². The van der Waals surface area contributed by atoms with Gasteiger partial charge in [0.15, 0.2) is 0 Å². The van der Waals surface area contributed by atoms with Gasteiger partial charge in [-0.25, -0.2) is 8.61 Å². The molecule has 0 fully saturated rings. The first-order valence-corrected chi connectivity index (χ1v) is 8.57. The molecular formula is C12H8F2N2O4S2. The molecule has 22 heavy (non-hydrogen) atoms. The van der Waals surface area contributed by atoms with Gasteiger partial charge in [0.1, 0.15) is 0 Å². The van der Waals surface area contributed by atoms with Crippen LogP contribution in [-0.2, 0) is 20.8 Å². The van der Waals surface area contributed by atoms with Gasteiger partial charge in [-0.2, -0.15) is 16.8 Å². The summed E-state index contributed by atoms with van der Waals surface area (Å²) in [7, 11) is -10.5. The van der Waals surface area contributed by atoms with E-state index in [1.807, 2.05) is 0 Å². The Bertz CT molecular complexity index is 835. The highest BCUT2D eigenvalue weighted by Crippen LogP contribution is 2.50. The number of benzene rings is 2. The molecule has 0 N–H and O–H groups in total. The first kappa shape index (κ1) is 14.7. The van der Waals surface area contributed by atoms with Crippen LogP contribution in [-0.4, -0.2) is 16.8 Å². The second-order valence-electron chi connectivity index (χ2n) is 4.39. The van der Waals surface area contributed by atoms with Crippen LogP contribution in [0, 0.1) is 0 Å². The zero-order chi connectivity index (χ0) is 16.1. The smallest absolute Gasteiger partial charge is 0.208 e. The maximum atomic E-state index is 13.7. The highest BCUT2D eigenvalue weighted by Gasteiger charge is 2.39. The first-order valence-electron chi connectivity index (χ1n) is 5.89. The van der Waals surface area contributed by atoms with Gasteiger partial charge in [-0.05, 0) is 24.3 Å². The fourth-order valence-corrected chi connectivity index (χ4v) is 3.90. The van der Waals surface area contributed by atoms with Crippen LogP contribution in [0.25, 0.3) is 0 Å². The number of hydrogen-bond acceptors (Lipinski definition) is 4. The summed E-state index contributed by atoms with van der Waals surface area (Å²) in [6, 6.07) is 10.3. The Morgan fingerprint density at radius 2 is 0.818 bits per heavy atom. The molecule has 0 bridgehead atoms. The second-order valence-corrected chi connectivity index (χ2v) is 6.77. The highest BCUT2D eigenvalue weighted by molar-refractivity contribution is 7.89. The Morgan fingerprint density at radius 1 is 0.591 bits per heavy atom. The predicted octanol–water partition coefficient (Wildman–Crippen LogP) is 2.70. The maximum absolute atomic E-state index is 13.7. The summed E-state index contributed by atoms with van der Waals surface area (Å²) in [5.41, 5.74) is -1.20. The van der Waals surface area contributed by atoms with Crippen LogP contribution in [0.3, 0.4) is 0 Å². The molecule has 0 aliphatic carbocycles. The van der Waals surface area contributed by atoms with Gasteiger partial charge in [-0.15, -0.1) is 0 Å². The molecule has 0 amide bonds. The largest absolute Gasteiger partial charge is 0.404 e. The zero-order valence-corrected chi connectivity index (χ0v) is 12.4. The van der Waals surface area contributed by atoms with Gasteiger partial charge in [-0.1, -0.05) is 32.0 Å². The van der Waals surface area contributed by atoms with E-state index in [0.717, 1.165) is 0 Å². The van der Waals surface area contributed by atoms with Gasteiger partial charge < -0.3 is 0 Å². The number of halogens is 2. The van der Waals surface area contributed by atoms with Crippen molar-refractivity contribution in [1.82, 2.24) is 0 Å². The Labute approximate surface area is 125 Å². The molecule has 0 aromatic heterocycles. The average Bonchev–Trinajstić information content (AvgIpc) is 2.41. The van der Waals surface area contributed by atoms with Crippen molar-refractivity contribution in [2.45, 2.75) is 0 Å². The molecule has 0 atom stereocenters. The summed E-state index contributed by atoms with van der Waals surface area (Å²) in [4.78, 5) is 0. The van der Waals surface area contributed by atoms with Crippen LogP contribution in [0.15, 0.2) is 48.5 Å². The van der Waals surface area contributed by atoms with Gasteiger partial charge in [0.25, 0.3) is 0 Å². The fraction of sp³-hybridized carbons (Fsp3) is 0.